The molecular weight excluding hydrogens is 420 g/mol. The van der Waals surface area contributed by atoms with Crippen molar-refractivity contribution in [3.05, 3.63) is 76.6 Å². The van der Waals surface area contributed by atoms with Gasteiger partial charge in [-0.25, -0.2) is 15.0 Å². The molecule has 1 aromatic heterocycles. The van der Waals surface area contributed by atoms with Gasteiger partial charge >= 0.3 is 0 Å². The van der Waals surface area contributed by atoms with E-state index in [1.807, 2.05) is 56.3 Å². The molecular formula is C24H28N6OS. The molecule has 0 radical (unpaired) electrons. The smallest absolute Gasteiger partial charge is 0.229 e. The number of aryl methyl sites for hydroxylation is 3. The molecule has 0 amide bonds. The second-order valence-electron chi connectivity index (χ2n) is 7.44. The summed E-state index contributed by atoms with van der Waals surface area (Å²) in [5, 5.41) is 9.97. The van der Waals surface area contributed by atoms with Crippen LogP contribution in [0.3, 0.4) is 0 Å². The van der Waals surface area contributed by atoms with Gasteiger partial charge in [0.15, 0.2) is 5.11 Å². The van der Waals surface area contributed by atoms with E-state index >= 15 is 0 Å². The van der Waals surface area contributed by atoms with Crippen LogP contribution in [0.2, 0.25) is 0 Å². The van der Waals surface area contributed by atoms with E-state index in [1.54, 1.807) is 7.11 Å². The maximum Gasteiger partial charge on any atom is 0.229 e. The van der Waals surface area contributed by atoms with E-state index in [2.05, 4.69) is 50.8 Å². The number of nitrogens with zero attached hydrogens (tertiary/aromatic N) is 3. The highest BCUT2D eigenvalue weighted by molar-refractivity contribution is 7.80. The Kier molecular flexibility index (Phi) is 7.72. The third-order valence-corrected chi connectivity index (χ3v) is 5.08. The number of aliphatic imine (C=N–C) groups is 1. The predicted octanol–water partition coefficient (Wildman–Crippen LogP) is 4.67. The monoisotopic (exact) mass is 448 g/mol. The summed E-state index contributed by atoms with van der Waals surface area (Å²) in [7, 11) is 1.65. The molecule has 0 aliphatic heterocycles. The van der Waals surface area contributed by atoms with Gasteiger partial charge in [-0.3, -0.25) is 5.32 Å². The number of methoxy groups -OCH3 is 1. The van der Waals surface area contributed by atoms with E-state index in [9.17, 15) is 0 Å². The van der Waals surface area contributed by atoms with Gasteiger partial charge in [-0.1, -0.05) is 24.3 Å². The first-order valence-electron chi connectivity index (χ1n) is 10.2. The maximum atomic E-state index is 5.55. The van der Waals surface area contributed by atoms with Crippen molar-refractivity contribution in [1.29, 1.82) is 0 Å². The zero-order chi connectivity index (χ0) is 23.1. The highest BCUT2D eigenvalue weighted by Crippen LogP contribution is 2.18. The Morgan fingerprint density at radius 3 is 2.31 bits per heavy atom. The number of hydrogen-bond donors (Lipinski definition) is 3. The zero-order valence-electron chi connectivity index (χ0n) is 19.0. The summed E-state index contributed by atoms with van der Waals surface area (Å²) in [4.78, 5) is 13.6. The van der Waals surface area contributed by atoms with Crippen molar-refractivity contribution in [2.75, 3.05) is 17.7 Å². The summed E-state index contributed by atoms with van der Waals surface area (Å²) in [6.07, 6.45) is 0. The number of anilines is 2. The predicted molar refractivity (Wildman–Crippen MR) is 135 cm³/mol. The summed E-state index contributed by atoms with van der Waals surface area (Å²) < 4.78 is 5.22. The summed E-state index contributed by atoms with van der Waals surface area (Å²) in [6.45, 7) is 8.41. The lowest BCUT2D eigenvalue weighted by molar-refractivity contribution is 0.414. The minimum absolute atomic E-state index is 0.420. The fraction of sp³-hybridized carbons (Fsp3) is 0.250. The van der Waals surface area contributed by atoms with Crippen molar-refractivity contribution >= 4 is 34.9 Å². The molecule has 3 aromatic rings. The van der Waals surface area contributed by atoms with Gasteiger partial charge in [-0.05, 0) is 80.9 Å². The van der Waals surface area contributed by atoms with Crippen molar-refractivity contribution in [3.8, 4) is 5.75 Å². The molecule has 3 rings (SSSR count). The van der Waals surface area contributed by atoms with Gasteiger partial charge in [0, 0.05) is 17.1 Å². The number of hydrogen-bond acceptors (Lipinski definition) is 5. The van der Waals surface area contributed by atoms with Gasteiger partial charge in [0.2, 0.25) is 11.9 Å². The van der Waals surface area contributed by atoms with Crippen LogP contribution in [0.1, 0.15) is 28.1 Å². The van der Waals surface area contributed by atoms with Crippen LogP contribution < -0.4 is 20.7 Å². The van der Waals surface area contributed by atoms with Gasteiger partial charge in [-0.15, -0.1) is 0 Å². The molecule has 2 aromatic carbocycles. The largest absolute Gasteiger partial charge is 0.497 e. The lowest BCUT2D eigenvalue weighted by Crippen LogP contribution is -2.39. The van der Waals surface area contributed by atoms with Crippen molar-refractivity contribution in [2.24, 2.45) is 4.99 Å². The van der Waals surface area contributed by atoms with E-state index in [1.165, 1.54) is 5.56 Å². The van der Waals surface area contributed by atoms with Gasteiger partial charge in [0.05, 0.1) is 13.7 Å². The Morgan fingerprint density at radius 1 is 0.969 bits per heavy atom. The third-order valence-electron chi connectivity index (χ3n) is 4.88. The molecule has 0 bridgehead atoms. The fourth-order valence-corrected chi connectivity index (χ4v) is 3.25. The standard InChI is InChI=1S/C24H28N6OS/c1-15-7-6-8-21(18(15)4)28-24(32)30-22(29-23-26-16(2)13-17(3)27-23)25-14-19-9-11-20(31-5)12-10-19/h6-13H,14H2,1-5H3,(H3,25,26,27,28,29,30,32). The van der Waals surface area contributed by atoms with Crippen LogP contribution in [0.25, 0.3) is 0 Å². The molecule has 7 nitrogen and oxygen atoms in total. The van der Waals surface area contributed by atoms with Crippen LogP contribution in [0.5, 0.6) is 5.75 Å². The molecule has 166 valence electrons. The average molecular weight is 449 g/mol. The molecule has 0 atom stereocenters. The maximum absolute atomic E-state index is 5.55. The van der Waals surface area contributed by atoms with E-state index < -0.39 is 0 Å². The highest BCUT2D eigenvalue weighted by atomic mass is 32.1. The second-order valence-corrected chi connectivity index (χ2v) is 7.85. The van der Waals surface area contributed by atoms with Crippen LogP contribution in [-0.2, 0) is 6.54 Å². The molecule has 0 unspecified atom stereocenters. The first-order chi connectivity index (χ1) is 15.3. The van der Waals surface area contributed by atoms with E-state index in [-0.39, 0.29) is 0 Å². The van der Waals surface area contributed by atoms with Gasteiger partial charge < -0.3 is 15.4 Å². The van der Waals surface area contributed by atoms with E-state index in [0.29, 0.717) is 23.6 Å². The van der Waals surface area contributed by atoms with Crippen LogP contribution >= 0.6 is 12.2 Å². The summed E-state index contributed by atoms with van der Waals surface area (Å²) in [5.41, 5.74) is 6.03. The Balaban J connectivity index is 1.79. The van der Waals surface area contributed by atoms with E-state index in [0.717, 1.165) is 34.0 Å². The molecule has 0 saturated heterocycles. The molecule has 3 N–H and O–H groups in total. The lowest BCUT2D eigenvalue weighted by atomic mass is 10.1. The van der Waals surface area contributed by atoms with Gasteiger partial charge in [0.1, 0.15) is 5.75 Å². The summed E-state index contributed by atoms with van der Waals surface area (Å²) in [5.74, 6) is 1.71. The van der Waals surface area contributed by atoms with Crippen molar-refractivity contribution in [1.82, 2.24) is 15.3 Å². The van der Waals surface area contributed by atoms with Gasteiger partial charge in [0.25, 0.3) is 0 Å². The number of nitrogens with one attached hydrogen (secondary N) is 3. The first kappa shape index (κ1) is 23.1. The Morgan fingerprint density at radius 2 is 1.66 bits per heavy atom. The SMILES string of the molecule is COc1ccc(CN=C(NC(=S)Nc2cccc(C)c2C)Nc2nc(C)cc(C)n2)cc1. The summed E-state index contributed by atoms with van der Waals surface area (Å²) in [6, 6.07) is 15.7. The molecule has 0 aliphatic rings. The molecule has 8 heteroatoms. The van der Waals surface area contributed by atoms with Gasteiger partial charge in [-0.2, -0.15) is 0 Å². The minimum atomic E-state index is 0.420. The first-order valence-corrected chi connectivity index (χ1v) is 10.7. The molecule has 0 aliphatic carbocycles. The number of benzene rings is 2. The Labute approximate surface area is 194 Å². The number of guanidine groups is 1. The average Bonchev–Trinajstić information content (AvgIpc) is 2.75. The van der Waals surface area contributed by atoms with Crippen LogP contribution in [0, 0.1) is 27.7 Å². The quantitative estimate of drug-likeness (QED) is 0.297. The van der Waals surface area contributed by atoms with Crippen molar-refractivity contribution in [3.63, 3.8) is 0 Å². The molecule has 32 heavy (non-hydrogen) atoms. The molecule has 0 saturated carbocycles. The molecule has 1 heterocycles. The summed E-state index contributed by atoms with van der Waals surface area (Å²) >= 11 is 5.55. The number of rotatable bonds is 5. The Hall–Kier alpha value is -3.52. The lowest BCUT2D eigenvalue weighted by Gasteiger charge is -2.16. The Bertz CT molecular complexity index is 1110. The van der Waals surface area contributed by atoms with Crippen molar-refractivity contribution in [2.45, 2.75) is 34.2 Å². The fourth-order valence-electron chi connectivity index (χ4n) is 3.05. The van der Waals surface area contributed by atoms with Crippen LogP contribution in [0.4, 0.5) is 11.6 Å². The number of ether oxygens (including phenoxy) is 1. The van der Waals surface area contributed by atoms with E-state index in [4.69, 9.17) is 17.0 Å². The molecule has 0 spiro atoms. The number of thiocarbonyl (C=S) groups is 1. The molecule has 0 fully saturated rings. The van der Waals surface area contributed by atoms with Crippen LogP contribution in [-0.4, -0.2) is 28.1 Å². The number of aromatic nitrogens is 2. The topological polar surface area (TPSA) is 83.5 Å². The normalized spacial score (nSPS) is 11.1. The van der Waals surface area contributed by atoms with Crippen molar-refractivity contribution < 1.29 is 4.74 Å². The highest BCUT2D eigenvalue weighted by Gasteiger charge is 2.09. The third kappa shape index (κ3) is 6.49. The minimum Gasteiger partial charge on any atom is -0.497 e. The zero-order valence-corrected chi connectivity index (χ0v) is 19.8. The van der Waals surface area contributed by atoms with Crippen LogP contribution in [0.15, 0.2) is 53.5 Å². The second kappa shape index (κ2) is 10.7.